The van der Waals surface area contributed by atoms with Gasteiger partial charge in [-0.05, 0) is 26.3 Å². The first-order valence-corrected chi connectivity index (χ1v) is 7.40. The molecule has 3 aliphatic heterocycles. The zero-order chi connectivity index (χ0) is 12.8. The fourth-order valence-electron chi connectivity index (χ4n) is 3.82. The number of nitrogens with two attached hydrogens (primary N) is 1. The van der Waals surface area contributed by atoms with E-state index in [4.69, 9.17) is 10.5 Å². The Balaban J connectivity index is 1.65. The van der Waals surface area contributed by atoms with Crippen molar-refractivity contribution in [1.82, 2.24) is 9.80 Å². The van der Waals surface area contributed by atoms with Gasteiger partial charge in [0.15, 0.2) is 0 Å². The molecule has 4 heteroatoms. The molecule has 3 heterocycles. The summed E-state index contributed by atoms with van der Waals surface area (Å²) in [5, 5.41) is 0. The lowest BCUT2D eigenvalue weighted by molar-refractivity contribution is 0.0238. The van der Waals surface area contributed by atoms with E-state index in [0.29, 0.717) is 6.04 Å². The van der Waals surface area contributed by atoms with Gasteiger partial charge < -0.3 is 10.5 Å². The first kappa shape index (κ1) is 12.9. The number of ether oxygens (including phenoxy) is 1. The molecule has 4 nitrogen and oxygen atoms in total. The molecule has 0 aromatic rings. The Morgan fingerprint density at radius 3 is 2.94 bits per heavy atom. The Kier molecular flexibility index (Phi) is 3.39. The highest BCUT2D eigenvalue weighted by atomic mass is 16.5. The van der Waals surface area contributed by atoms with Gasteiger partial charge in [-0.25, -0.2) is 0 Å². The Morgan fingerprint density at radius 1 is 1.39 bits per heavy atom. The Labute approximate surface area is 110 Å². The van der Waals surface area contributed by atoms with Crippen molar-refractivity contribution in [1.29, 1.82) is 0 Å². The number of nitrogens with zero attached hydrogens (tertiary/aromatic N) is 2. The van der Waals surface area contributed by atoms with E-state index in [0.717, 1.165) is 25.8 Å². The summed E-state index contributed by atoms with van der Waals surface area (Å²) in [4.78, 5) is 5.33. The van der Waals surface area contributed by atoms with Crippen molar-refractivity contribution in [2.75, 3.05) is 39.4 Å². The van der Waals surface area contributed by atoms with Crippen LogP contribution in [-0.2, 0) is 4.74 Å². The van der Waals surface area contributed by atoms with Gasteiger partial charge in [0.2, 0.25) is 0 Å². The van der Waals surface area contributed by atoms with Gasteiger partial charge in [0, 0.05) is 43.2 Å². The molecule has 3 rings (SSSR count). The zero-order valence-corrected chi connectivity index (χ0v) is 11.8. The van der Waals surface area contributed by atoms with Gasteiger partial charge in [-0.1, -0.05) is 6.92 Å². The summed E-state index contributed by atoms with van der Waals surface area (Å²) in [7, 11) is 0. The highest BCUT2D eigenvalue weighted by Crippen LogP contribution is 2.32. The smallest absolute Gasteiger partial charge is 0.0624 e. The third kappa shape index (κ3) is 2.20. The predicted octanol–water partition coefficient (Wildman–Crippen LogP) is 0.519. The Bertz CT molecular complexity index is 311. The lowest BCUT2D eigenvalue weighted by Gasteiger charge is -2.45. The molecule has 18 heavy (non-hydrogen) atoms. The third-order valence-electron chi connectivity index (χ3n) is 5.26. The van der Waals surface area contributed by atoms with Gasteiger partial charge in [-0.15, -0.1) is 0 Å². The van der Waals surface area contributed by atoms with E-state index >= 15 is 0 Å². The fraction of sp³-hybridized carbons (Fsp3) is 1.00. The average Bonchev–Trinajstić information content (AvgIpc) is 2.88. The molecule has 0 aromatic heterocycles. The molecule has 0 amide bonds. The number of hydrogen-bond acceptors (Lipinski definition) is 4. The van der Waals surface area contributed by atoms with Crippen LogP contribution in [0.1, 0.15) is 26.7 Å². The first-order chi connectivity index (χ1) is 8.58. The lowest BCUT2D eigenvalue weighted by atomic mass is 9.84. The molecule has 3 fully saturated rings. The molecular weight excluding hydrogens is 226 g/mol. The number of rotatable bonds is 2. The molecule has 3 aliphatic rings. The van der Waals surface area contributed by atoms with Crippen molar-refractivity contribution in [3.8, 4) is 0 Å². The fourth-order valence-corrected chi connectivity index (χ4v) is 3.82. The monoisotopic (exact) mass is 253 g/mol. The van der Waals surface area contributed by atoms with Gasteiger partial charge >= 0.3 is 0 Å². The normalized spacial score (nSPS) is 46.5. The first-order valence-electron chi connectivity index (χ1n) is 7.40. The molecule has 0 aliphatic carbocycles. The van der Waals surface area contributed by atoms with Crippen molar-refractivity contribution in [2.24, 2.45) is 11.1 Å². The summed E-state index contributed by atoms with van der Waals surface area (Å²) >= 11 is 0. The molecule has 0 radical (unpaired) electrons. The van der Waals surface area contributed by atoms with Crippen LogP contribution in [0.5, 0.6) is 0 Å². The summed E-state index contributed by atoms with van der Waals surface area (Å²) in [6.45, 7) is 11.1. The van der Waals surface area contributed by atoms with Crippen LogP contribution in [0.3, 0.4) is 0 Å². The molecule has 104 valence electrons. The van der Waals surface area contributed by atoms with E-state index in [-0.39, 0.29) is 11.5 Å². The van der Waals surface area contributed by atoms with E-state index in [1.54, 1.807) is 0 Å². The maximum Gasteiger partial charge on any atom is 0.0624 e. The Morgan fingerprint density at radius 2 is 2.22 bits per heavy atom. The standard InChI is InChI=1S/C14H27N3O/c1-11-6-16-5-3-4-12(16)7-17(11)9-14(2)10-18-8-13(14)15/h11-13H,3-10,15H2,1-2H3. The SMILES string of the molecule is CC1CN2CCCC2CN1CC1(C)COCC1N. The maximum atomic E-state index is 6.22. The minimum absolute atomic E-state index is 0.148. The molecule has 0 saturated carbocycles. The highest BCUT2D eigenvalue weighted by Gasteiger charge is 2.42. The van der Waals surface area contributed by atoms with Crippen LogP contribution < -0.4 is 5.73 Å². The average molecular weight is 253 g/mol. The molecule has 0 spiro atoms. The van der Waals surface area contributed by atoms with E-state index in [2.05, 4.69) is 23.6 Å². The van der Waals surface area contributed by atoms with Gasteiger partial charge in [0.25, 0.3) is 0 Å². The van der Waals surface area contributed by atoms with E-state index < -0.39 is 0 Å². The van der Waals surface area contributed by atoms with Crippen LogP contribution in [0.4, 0.5) is 0 Å². The summed E-state index contributed by atoms with van der Waals surface area (Å²) in [6.07, 6.45) is 2.76. The zero-order valence-electron chi connectivity index (χ0n) is 11.8. The van der Waals surface area contributed by atoms with Gasteiger partial charge in [0.05, 0.1) is 13.2 Å². The molecule has 4 unspecified atom stereocenters. The predicted molar refractivity (Wildman–Crippen MR) is 72.5 cm³/mol. The quantitative estimate of drug-likeness (QED) is 0.779. The van der Waals surface area contributed by atoms with Gasteiger partial charge in [0.1, 0.15) is 0 Å². The van der Waals surface area contributed by atoms with E-state index in [9.17, 15) is 0 Å². The number of hydrogen-bond donors (Lipinski definition) is 1. The van der Waals surface area contributed by atoms with Crippen LogP contribution >= 0.6 is 0 Å². The summed E-state index contributed by atoms with van der Waals surface area (Å²) < 4.78 is 5.57. The van der Waals surface area contributed by atoms with Gasteiger partial charge in [-0.3, -0.25) is 9.80 Å². The van der Waals surface area contributed by atoms with Crippen LogP contribution in [0.25, 0.3) is 0 Å². The number of piperazine rings is 1. The molecule has 2 N–H and O–H groups in total. The summed E-state index contributed by atoms with van der Waals surface area (Å²) in [5.41, 5.74) is 6.37. The summed E-state index contributed by atoms with van der Waals surface area (Å²) in [6, 6.07) is 1.65. The van der Waals surface area contributed by atoms with Crippen molar-refractivity contribution in [3.05, 3.63) is 0 Å². The second-order valence-electron chi connectivity index (χ2n) is 6.85. The second-order valence-corrected chi connectivity index (χ2v) is 6.85. The Hall–Kier alpha value is -0.160. The highest BCUT2D eigenvalue weighted by molar-refractivity contribution is 4.97. The summed E-state index contributed by atoms with van der Waals surface area (Å²) in [5.74, 6) is 0. The molecule has 0 aromatic carbocycles. The second kappa shape index (κ2) is 4.75. The molecular formula is C14H27N3O. The van der Waals surface area contributed by atoms with Gasteiger partial charge in [-0.2, -0.15) is 0 Å². The number of fused-ring (bicyclic) bond motifs is 1. The lowest BCUT2D eigenvalue weighted by Crippen LogP contribution is -2.58. The topological polar surface area (TPSA) is 41.7 Å². The van der Waals surface area contributed by atoms with E-state index in [1.807, 2.05) is 0 Å². The van der Waals surface area contributed by atoms with Crippen molar-refractivity contribution < 1.29 is 4.74 Å². The largest absolute Gasteiger partial charge is 0.379 e. The van der Waals surface area contributed by atoms with Crippen LogP contribution in [0.15, 0.2) is 0 Å². The van der Waals surface area contributed by atoms with Crippen LogP contribution in [-0.4, -0.2) is 67.3 Å². The molecule has 3 saturated heterocycles. The van der Waals surface area contributed by atoms with Crippen molar-refractivity contribution >= 4 is 0 Å². The third-order valence-corrected chi connectivity index (χ3v) is 5.26. The van der Waals surface area contributed by atoms with Crippen LogP contribution in [0.2, 0.25) is 0 Å². The molecule has 4 atom stereocenters. The van der Waals surface area contributed by atoms with Crippen molar-refractivity contribution in [2.45, 2.75) is 44.8 Å². The minimum Gasteiger partial charge on any atom is -0.379 e. The molecule has 0 bridgehead atoms. The van der Waals surface area contributed by atoms with Crippen molar-refractivity contribution in [3.63, 3.8) is 0 Å². The minimum atomic E-state index is 0.148. The van der Waals surface area contributed by atoms with E-state index in [1.165, 1.54) is 32.5 Å². The van der Waals surface area contributed by atoms with Crippen LogP contribution in [0, 0.1) is 5.41 Å². The maximum absolute atomic E-state index is 6.22.